The van der Waals surface area contributed by atoms with Gasteiger partial charge >= 0.3 is 5.69 Å². The Bertz CT molecular complexity index is 1080. The first kappa shape index (κ1) is 15.8. The monoisotopic (exact) mass is 369 g/mol. The quantitative estimate of drug-likeness (QED) is 0.739. The van der Waals surface area contributed by atoms with Crippen molar-refractivity contribution in [3.05, 3.63) is 63.5 Å². The lowest BCUT2D eigenvalue weighted by molar-refractivity contribution is 0.472. The predicted molar refractivity (Wildman–Crippen MR) is 101 cm³/mol. The summed E-state index contributed by atoms with van der Waals surface area (Å²) in [6.07, 6.45) is 1.92. The summed E-state index contributed by atoms with van der Waals surface area (Å²) in [4.78, 5) is 17.0. The summed E-state index contributed by atoms with van der Waals surface area (Å²) < 4.78 is 14.9. The Morgan fingerprint density at radius 1 is 1.19 bits per heavy atom. The summed E-state index contributed by atoms with van der Waals surface area (Å²) in [5, 5.41) is 4.36. The van der Waals surface area contributed by atoms with Crippen LogP contribution in [0.4, 0.5) is 10.2 Å². The molecule has 0 saturated heterocycles. The van der Waals surface area contributed by atoms with Crippen LogP contribution in [-0.2, 0) is 0 Å². The highest BCUT2D eigenvalue weighted by molar-refractivity contribution is 6.32. The van der Waals surface area contributed by atoms with E-state index in [1.54, 1.807) is 16.7 Å². The minimum absolute atomic E-state index is 0.260. The molecule has 2 saturated carbocycles. The van der Waals surface area contributed by atoms with Crippen molar-refractivity contribution in [1.82, 2.24) is 9.55 Å². The number of nitrogens with zero attached hydrogens (tertiary/aromatic N) is 2. The molecule has 4 nitrogen and oxygen atoms in total. The first-order chi connectivity index (χ1) is 12.6. The van der Waals surface area contributed by atoms with Crippen LogP contribution in [0.3, 0.4) is 0 Å². The van der Waals surface area contributed by atoms with Crippen molar-refractivity contribution in [1.29, 1.82) is 0 Å². The van der Waals surface area contributed by atoms with Crippen molar-refractivity contribution >= 4 is 28.3 Å². The molecule has 1 heterocycles. The molecule has 0 aliphatic heterocycles. The number of benzene rings is 2. The molecule has 1 N–H and O–H groups in total. The zero-order valence-electron chi connectivity index (χ0n) is 14.0. The van der Waals surface area contributed by atoms with Gasteiger partial charge in [-0.2, -0.15) is 4.98 Å². The molecular weight excluding hydrogens is 353 g/mol. The predicted octanol–water partition coefficient (Wildman–Crippen LogP) is 4.44. The molecule has 26 heavy (non-hydrogen) atoms. The number of halogens is 2. The Kier molecular flexibility index (Phi) is 3.54. The molecule has 5 rings (SSSR count). The van der Waals surface area contributed by atoms with E-state index in [1.807, 2.05) is 24.3 Å². The summed E-state index contributed by atoms with van der Waals surface area (Å²) in [7, 11) is 0. The van der Waals surface area contributed by atoms with E-state index in [2.05, 4.69) is 16.4 Å². The molecule has 0 radical (unpaired) electrons. The van der Waals surface area contributed by atoms with Crippen molar-refractivity contribution < 1.29 is 4.39 Å². The molecule has 2 aromatic carbocycles. The molecular formula is C20H17ClFN3O. The topological polar surface area (TPSA) is 46.9 Å². The highest BCUT2D eigenvalue weighted by Crippen LogP contribution is 2.41. The molecule has 1 aromatic heterocycles. The van der Waals surface area contributed by atoms with Gasteiger partial charge < -0.3 is 5.32 Å². The summed E-state index contributed by atoms with van der Waals surface area (Å²) in [5.41, 5.74) is 2.15. The number of alkyl halides is 1. The fourth-order valence-electron chi connectivity index (χ4n) is 3.38. The second-order valence-electron chi connectivity index (χ2n) is 7.08. The van der Waals surface area contributed by atoms with Gasteiger partial charge in [-0.05, 0) is 48.6 Å². The van der Waals surface area contributed by atoms with Crippen molar-refractivity contribution in [3.8, 4) is 5.69 Å². The first-order valence-electron chi connectivity index (χ1n) is 8.84. The molecule has 0 spiro atoms. The van der Waals surface area contributed by atoms with Crippen LogP contribution in [0.5, 0.6) is 0 Å². The summed E-state index contributed by atoms with van der Waals surface area (Å²) in [6, 6.07) is 13.1. The lowest BCUT2D eigenvalue weighted by Crippen LogP contribution is -2.24. The third-order valence-electron chi connectivity index (χ3n) is 5.09. The van der Waals surface area contributed by atoms with Gasteiger partial charge in [0, 0.05) is 11.8 Å². The van der Waals surface area contributed by atoms with Crippen molar-refractivity contribution in [3.63, 3.8) is 0 Å². The molecule has 0 amide bonds. The molecule has 0 unspecified atom stereocenters. The number of aromatic nitrogens is 2. The zero-order chi connectivity index (χ0) is 17.8. The molecule has 3 aromatic rings. The van der Waals surface area contributed by atoms with Crippen LogP contribution in [0.15, 0.2) is 47.3 Å². The van der Waals surface area contributed by atoms with Crippen LogP contribution < -0.4 is 11.0 Å². The van der Waals surface area contributed by atoms with Gasteiger partial charge in [-0.15, -0.1) is 0 Å². The van der Waals surface area contributed by atoms with Gasteiger partial charge in [0.05, 0.1) is 22.3 Å². The number of fused-ring (bicyclic) bond motifs is 1. The average Bonchev–Trinajstić information content (AvgIpc) is 3.54. The summed E-state index contributed by atoms with van der Waals surface area (Å²) in [6.45, 7) is 0. The molecule has 132 valence electrons. The van der Waals surface area contributed by atoms with Gasteiger partial charge in [-0.3, -0.25) is 4.57 Å². The smallest absolute Gasteiger partial charge is 0.354 e. The Labute approximate surface area is 154 Å². The van der Waals surface area contributed by atoms with Crippen LogP contribution in [-0.4, -0.2) is 21.8 Å². The summed E-state index contributed by atoms with van der Waals surface area (Å²) in [5.74, 6) is 0.998. The van der Waals surface area contributed by atoms with Crippen molar-refractivity contribution in [2.24, 2.45) is 0 Å². The highest BCUT2D eigenvalue weighted by atomic mass is 35.5. The highest BCUT2D eigenvalue weighted by Gasteiger charge is 2.38. The van der Waals surface area contributed by atoms with E-state index in [1.165, 1.54) is 18.4 Å². The summed E-state index contributed by atoms with van der Waals surface area (Å²) >= 11 is 6.35. The number of hydrogen-bond acceptors (Lipinski definition) is 3. The number of rotatable bonds is 4. The molecule has 6 heteroatoms. The average molecular weight is 370 g/mol. The van der Waals surface area contributed by atoms with Gasteiger partial charge in [-0.1, -0.05) is 29.8 Å². The normalized spacial score (nSPS) is 21.8. The van der Waals surface area contributed by atoms with Crippen LogP contribution in [0, 0.1) is 0 Å². The minimum Gasteiger partial charge on any atom is -0.364 e. The number of para-hydroxylation sites is 1. The maximum atomic E-state index is 13.3. The van der Waals surface area contributed by atoms with Crippen LogP contribution in [0.25, 0.3) is 16.6 Å². The van der Waals surface area contributed by atoms with E-state index >= 15 is 0 Å². The van der Waals surface area contributed by atoms with E-state index in [9.17, 15) is 9.18 Å². The van der Waals surface area contributed by atoms with E-state index < -0.39 is 11.9 Å². The van der Waals surface area contributed by atoms with Crippen molar-refractivity contribution in [2.45, 2.75) is 37.4 Å². The van der Waals surface area contributed by atoms with Crippen LogP contribution in [0.2, 0.25) is 5.02 Å². The van der Waals surface area contributed by atoms with Crippen LogP contribution >= 0.6 is 11.6 Å². The number of nitrogens with one attached hydrogen (secondary N) is 1. The zero-order valence-corrected chi connectivity index (χ0v) is 14.7. The lowest BCUT2D eigenvalue weighted by Gasteiger charge is -2.15. The fraction of sp³-hybridized carbons (Fsp3) is 0.300. The van der Waals surface area contributed by atoms with Crippen molar-refractivity contribution in [2.75, 3.05) is 5.32 Å². The van der Waals surface area contributed by atoms with Crippen LogP contribution in [0.1, 0.15) is 30.7 Å². The maximum Gasteiger partial charge on any atom is 0.354 e. The van der Waals surface area contributed by atoms with E-state index in [0.717, 1.165) is 10.9 Å². The molecule has 2 atom stereocenters. The number of hydrogen-bond donors (Lipinski definition) is 1. The van der Waals surface area contributed by atoms with E-state index in [0.29, 0.717) is 28.9 Å². The van der Waals surface area contributed by atoms with E-state index in [-0.39, 0.29) is 6.04 Å². The largest absolute Gasteiger partial charge is 0.364 e. The van der Waals surface area contributed by atoms with Gasteiger partial charge in [0.2, 0.25) is 0 Å². The Morgan fingerprint density at radius 3 is 2.65 bits per heavy atom. The van der Waals surface area contributed by atoms with E-state index in [4.69, 9.17) is 11.6 Å². The standard InChI is InChI=1S/C20H17ClFN3O/c21-14-3-1-2-4-17(14)25-18-9-12(11-5-6-11)7-8-13(18)19(24-20(25)26)23-16-10-15(16)22/h1-4,7-9,11,15-16H,5-6,10H2,(H,23,24,26)/t15-,16-/m1/s1. The van der Waals surface area contributed by atoms with Gasteiger partial charge in [0.1, 0.15) is 12.0 Å². The second-order valence-corrected chi connectivity index (χ2v) is 7.49. The molecule has 2 fully saturated rings. The second kappa shape index (κ2) is 5.81. The van der Waals surface area contributed by atoms with Gasteiger partial charge in [0.25, 0.3) is 0 Å². The first-order valence-corrected chi connectivity index (χ1v) is 9.22. The Morgan fingerprint density at radius 2 is 1.96 bits per heavy atom. The third kappa shape index (κ3) is 2.67. The lowest BCUT2D eigenvalue weighted by atomic mass is 10.1. The Balaban J connectivity index is 1.76. The Hall–Kier alpha value is -2.40. The fourth-order valence-corrected chi connectivity index (χ4v) is 3.60. The number of anilines is 1. The molecule has 2 aliphatic rings. The van der Waals surface area contributed by atoms with Gasteiger partial charge in [0.15, 0.2) is 0 Å². The molecule has 2 aliphatic carbocycles. The maximum absolute atomic E-state index is 13.3. The SMILES string of the molecule is O=c1nc(N[C@@H]2C[C@H]2F)c2ccc(C3CC3)cc2n1-c1ccccc1Cl. The third-order valence-corrected chi connectivity index (χ3v) is 5.41. The molecule has 0 bridgehead atoms. The minimum atomic E-state index is -0.872. The van der Waals surface area contributed by atoms with Gasteiger partial charge in [-0.25, -0.2) is 9.18 Å².